The zero-order valence-corrected chi connectivity index (χ0v) is 44.3. The van der Waals surface area contributed by atoms with Crippen LogP contribution < -0.4 is 5.32 Å². The fourth-order valence-corrected chi connectivity index (χ4v) is 9.37. The van der Waals surface area contributed by atoms with Gasteiger partial charge in [0.05, 0.1) is 18.8 Å². The molecule has 0 radical (unpaired) electrons. The van der Waals surface area contributed by atoms with E-state index in [0.717, 1.165) is 38.5 Å². The Morgan fingerprint density at radius 2 is 0.631 bits per heavy atom. The van der Waals surface area contributed by atoms with Gasteiger partial charge in [0.15, 0.2) is 0 Å². The van der Waals surface area contributed by atoms with Crippen molar-refractivity contribution in [2.75, 3.05) is 6.61 Å². The standard InChI is InChI=1S/C61H117NO3/c1-3-5-7-9-11-13-15-17-19-21-23-25-26-27-28-29-30-31-32-33-34-35-36-37-39-41-43-45-47-49-51-53-55-57-61(65)62-59(58-63)60(64)56-54-52-50-48-46-44-42-40-38-24-22-20-18-16-14-12-10-8-6-4-2/h15,17,21,23,26-27,59-60,63-64H,3-14,16,18-20,22,24-25,28-58H2,1-2H3,(H,62,65)/b17-15-,23-21-,27-26-. The SMILES string of the molecule is CCCCCCC/C=C\C/C=C\C/C=C\CCCCCCCCCCCCCCCCCCCCC(=O)NC(CO)C(O)CCCCCCCCCCCCCCCCCCCCCC. The lowest BCUT2D eigenvalue weighted by molar-refractivity contribution is -0.123. The third-order valence-electron chi connectivity index (χ3n) is 13.9. The second kappa shape index (κ2) is 56.9. The van der Waals surface area contributed by atoms with Crippen LogP contribution in [0.3, 0.4) is 0 Å². The molecule has 0 aliphatic heterocycles. The number of aliphatic hydroxyl groups excluding tert-OH is 2. The lowest BCUT2D eigenvalue weighted by atomic mass is 10.0. The van der Waals surface area contributed by atoms with E-state index >= 15 is 0 Å². The number of hydrogen-bond acceptors (Lipinski definition) is 3. The molecule has 65 heavy (non-hydrogen) atoms. The van der Waals surface area contributed by atoms with Crippen molar-refractivity contribution in [2.24, 2.45) is 0 Å². The minimum atomic E-state index is -0.659. The van der Waals surface area contributed by atoms with Crippen molar-refractivity contribution in [1.29, 1.82) is 0 Å². The van der Waals surface area contributed by atoms with Crippen molar-refractivity contribution in [1.82, 2.24) is 5.32 Å². The molecule has 0 heterocycles. The maximum Gasteiger partial charge on any atom is 0.220 e. The average molecular weight is 913 g/mol. The van der Waals surface area contributed by atoms with E-state index in [2.05, 4.69) is 55.6 Å². The smallest absolute Gasteiger partial charge is 0.220 e. The second-order valence-corrected chi connectivity index (χ2v) is 20.4. The maximum absolute atomic E-state index is 12.5. The molecule has 384 valence electrons. The fourth-order valence-electron chi connectivity index (χ4n) is 9.37. The molecular weight excluding hydrogens is 795 g/mol. The Bertz CT molecular complexity index is 989. The summed E-state index contributed by atoms with van der Waals surface area (Å²) < 4.78 is 0. The van der Waals surface area contributed by atoms with E-state index < -0.39 is 12.1 Å². The first-order valence-electron chi connectivity index (χ1n) is 29.7. The van der Waals surface area contributed by atoms with Gasteiger partial charge in [0, 0.05) is 6.42 Å². The molecule has 0 aromatic heterocycles. The van der Waals surface area contributed by atoms with Crippen LogP contribution >= 0.6 is 0 Å². The number of aliphatic hydroxyl groups is 2. The summed E-state index contributed by atoms with van der Waals surface area (Å²) in [6.07, 6.45) is 77.1. The number of rotatable bonds is 55. The normalized spacial score (nSPS) is 13.0. The fraction of sp³-hybridized carbons (Fsp3) is 0.885. The molecule has 0 rings (SSSR count). The van der Waals surface area contributed by atoms with Crippen LogP contribution in [0.4, 0.5) is 0 Å². The molecule has 0 saturated carbocycles. The summed E-state index contributed by atoms with van der Waals surface area (Å²) >= 11 is 0. The Labute approximate surface area is 408 Å². The average Bonchev–Trinajstić information content (AvgIpc) is 3.31. The molecule has 0 aliphatic rings. The molecule has 4 nitrogen and oxygen atoms in total. The van der Waals surface area contributed by atoms with Crippen molar-refractivity contribution in [3.8, 4) is 0 Å². The van der Waals surface area contributed by atoms with Gasteiger partial charge in [0.25, 0.3) is 0 Å². The Hall–Kier alpha value is -1.39. The van der Waals surface area contributed by atoms with Gasteiger partial charge < -0.3 is 15.5 Å². The molecule has 0 aliphatic carbocycles. The molecule has 0 aromatic rings. The van der Waals surface area contributed by atoms with Crippen molar-refractivity contribution in [2.45, 2.75) is 341 Å². The lowest BCUT2D eigenvalue weighted by Crippen LogP contribution is -2.45. The third kappa shape index (κ3) is 53.4. The van der Waals surface area contributed by atoms with Crippen LogP contribution in [0.5, 0.6) is 0 Å². The van der Waals surface area contributed by atoms with Crippen molar-refractivity contribution in [3.63, 3.8) is 0 Å². The van der Waals surface area contributed by atoms with Gasteiger partial charge in [-0.15, -0.1) is 0 Å². The summed E-state index contributed by atoms with van der Waals surface area (Å²) in [7, 11) is 0. The first-order valence-corrected chi connectivity index (χ1v) is 29.7. The first-order chi connectivity index (χ1) is 32.2. The number of carbonyl (C=O) groups is 1. The Kier molecular flexibility index (Phi) is 55.7. The summed E-state index contributed by atoms with van der Waals surface area (Å²) in [4.78, 5) is 12.5. The molecule has 2 atom stereocenters. The van der Waals surface area contributed by atoms with Crippen molar-refractivity contribution < 1.29 is 15.0 Å². The highest BCUT2D eigenvalue weighted by atomic mass is 16.3. The van der Waals surface area contributed by atoms with Gasteiger partial charge in [-0.05, 0) is 51.4 Å². The van der Waals surface area contributed by atoms with E-state index in [1.165, 1.54) is 263 Å². The van der Waals surface area contributed by atoms with Crippen LogP contribution in [0, 0.1) is 0 Å². The molecule has 0 spiro atoms. The molecule has 0 aromatic carbocycles. The van der Waals surface area contributed by atoms with E-state index in [4.69, 9.17) is 0 Å². The number of amides is 1. The van der Waals surface area contributed by atoms with Gasteiger partial charge in [-0.3, -0.25) is 4.79 Å². The molecule has 0 saturated heterocycles. The summed E-state index contributed by atoms with van der Waals surface area (Å²) in [5.74, 6) is -0.0257. The Balaban J connectivity index is 3.42. The number of unbranched alkanes of at least 4 members (excludes halogenated alkanes) is 42. The van der Waals surface area contributed by atoms with E-state index in [9.17, 15) is 15.0 Å². The first kappa shape index (κ1) is 63.6. The Morgan fingerprint density at radius 1 is 0.369 bits per heavy atom. The van der Waals surface area contributed by atoms with Crippen LogP contribution in [0.2, 0.25) is 0 Å². The molecule has 0 fully saturated rings. The zero-order valence-electron chi connectivity index (χ0n) is 44.3. The van der Waals surface area contributed by atoms with Gasteiger partial charge in [0.1, 0.15) is 0 Å². The van der Waals surface area contributed by atoms with Gasteiger partial charge in [-0.1, -0.05) is 307 Å². The quantitative estimate of drug-likeness (QED) is 0.0421. The largest absolute Gasteiger partial charge is 0.394 e. The summed E-state index contributed by atoms with van der Waals surface area (Å²) in [5.41, 5.74) is 0. The lowest BCUT2D eigenvalue weighted by Gasteiger charge is -2.22. The summed E-state index contributed by atoms with van der Waals surface area (Å²) in [6, 6.07) is -0.536. The van der Waals surface area contributed by atoms with E-state index in [1.807, 2.05) is 0 Å². The van der Waals surface area contributed by atoms with Crippen molar-refractivity contribution >= 4 is 5.91 Å². The van der Waals surface area contributed by atoms with Crippen LogP contribution in [-0.2, 0) is 4.79 Å². The molecule has 4 heteroatoms. The Morgan fingerprint density at radius 3 is 0.938 bits per heavy atom. The topological polar surface area (TPSA) is 69.6 Å². The highest BCUT2D eigenvalue weighted by molar-refractivity contribution is 5.76. The highest BCUT2D eigenvalue weighted by Gasteiger charge is 2.20. The highest BCUT2D eigenvalue weighted by Crippen LogP contribution is 2.18. The van der Waals surface area contributed by atoms with Gasteiger partial charge >= 0.3 is 0 Å². The van der Waals surface area contributed by atoms with E-state index in [-0.39, 0.29) is 12.5 Å². The molecule has 1 amide bonds. The molecule has 0 bridgehead atoms. The zero-order chi connectivity index (χ0) is 47.0. The summed E-state index contributed by atoms with van der Waals surface area (Å²) in [6.45, 7) is 4.38. The van der Waals surface area contributed by atoms with E-state index in [0.29, 0.717) is 12.8 Å². The third-order valence-corrected chi connectivity index (χ3v) is 13.9. The number of carbonyl (C=O) groups excluding carboxylic acids is 1. The molecule has 3 N–H and O–H groups in total. The van der Waals surface area contributed by atoms with Gasteiger partial charge in [0.2, 0.25) is 5.91 Å². The van der Waals surface area contributed by atoms with Crippen molar-refractivity contribution in [3.05, 3.63) is 36.5 Å². The number of allylic oxidation sites excluding steroid dienone is 6. The number of nitrogens with one attached hydrogen (secondary N) is 1. The molecular formula is C61H117NO3. The monoisotopic (exact) mass is 912 g/mol. The minimum absolute atomic E-state index is 0.0257. The van der Waals surface area contributed by atoms with E-state index in [1.54, 1.807) is 0 Å². The van der Waals surface area contributed by atoms with Crippen LogP contribution in [0.1, 0.15) is 328 Å². The predicted molar refractivity (Wildman–Crippen MR) is 290 cm³/mol. The van der Waals surface area contributed by atoms with Crippen LogP contribution in [0.25, 0.3) is 0 Å². The second-order valence-electron chi connectivity index (χ2n) is 20.4. The molecule has 2 unspecified atom stereocenters. The van der Waals surface area contributed by atoms with Crippen LogP contribution in [0.15, 0.2) is 36.5 Å². The minimum Gasteiger partial charge on any atom is -0.394 e. The maximum atomic E-state index is 12.5. The van der Waals surface area contributed by atoms with Gasteiger partial charge in [-0.25, -0.2) is 0 Å². The number of hydrogen-bond donors (Lipinski definition) is 3. The van der Waals surface area contributed by atoms with Crippen LogP contribution in [-0.4, -0.2) is 34.9 Å². The predicted octanol–water partition coefficient (Wildman–Crippen LogP) is 19.6. The summed E-state index contributed by atoms with van der Waals surface area (Å²) in [5, 5.41) is 23.4. The van der Waals surface area contributed by atoms with Gasteiger partial charge in [-0.2, -0.15) is 0 Å².